The molecular formula is C15H18N4OS. The molecule has 1 heterocycles. The van der Waals surface area contributed by atoms with Crippen molar-refractivity contribution >= 4 is 17.7 Å². The molecule has 1 fully saturated rings. The first-order chi connectivity index (χ1) is 10.2. The van der Waals surface area contributed by atoms with Gasteiger partial charge in [0.05, 0.1) is 5.75 Å². The third-order valence-corrected chi connectivity index (χ3v) is 4.51. The van der Waals surface area contributed by atoms with Gasteiger partial charge in [0.15, 0.2) is 5.16 Å². The summed E-state index contributed by atoms with van der Waals surface area (Å²) >= 11 is 1.45. The first-order valence-corrected chi connectivity index (χ1v) is 8.06. The molecule has 1 aliphatic carbocycles. The lowest BCUT2D eigenvalue weighted by molar-refractivity contribution is -0.118. The second kappa shape index (κ2) is 6.30. The van der Waals surface area contributed by atoms with Crippen LogP contribution in [0.4, 0.5) is 0 Å². The molecule has 1 amide bonds. The Hall–Kier alpha value is -1.82. The summed E-state index contributed by atoms with van der Waals surface area (Å²) in [6, 6.07) is 8.61. The van der Waals surface area contributed by atoms with Gasteiger partial charge < -0.3 is 9.88 Å². The lowest BCUT2D eigenvalue weighted by atomic mass is 10.1. The summed E-state index contributed by atoms with van der Waals surface area (Å²) in [5.74, 6) is 0.394. The maximum Gasteiger partial charge on any atom is 0.230 e. The summed E-state index contributed by atoms with van der Waals surface area (Å²) in [6.07, 6.45) is 4.13. The molecule has 0 bridgehead atoms. The van der Waals surface area contributed by atoms with Gasteiger partial charge in [-0.1, -0.05) is 36.0 Å². The molecule has 5 nitrogen and oxygen atoms in total. The summed E-state index contributed by atoms with van der Waals surface area (Å²) < 4.78 is 2.07. The van der Waals surface area contributed by atoms with Crippen molar-refractivity contribution in [1.29, 1.82) is 0 Å². The molecule has 1 aromatic carbocycles. The van der Waals surface area contributed by atoms with Gasteiger partial charge in [-0.05, 0) is 30.9 Å². The van der Waals surface area contributed by atoms with Gasteiger partial charge in [0, 0.05) is 12.6 Å². The number of aryl methyl sites for hydroxylation is 1. The number of benzene rings is 1. The number of aromatic nitrogens is 3. The minimum absolute atomic E-state index is 0.0219. The highest BCUT2D eigenvalue weighted by atomic mass is 32.2. The minimum atomic E-state index is 0.0219. The van der Waals surface area contributed by atoms with Crippen molar-refractivity contribution in [3.63, 3.8) is 0 Å². The van der Waals surface area contributed by atoms with Gasteiger partial charge in [-0.3, -0.25) is 4.79 Å². The third kappa shape index (κ3) is 3.64. The second-order valence-electron chi connectivity index (χ2n) is 5.24. The van der Waals surface area contributed by atoms with Gasteiger partial charge >= 0.3 is 0 Å². The van der Waals surface area contributed by atoms with Crippen LogP contribution in [0.25, 0.3) is 0 Å². The Morgan fingerprint density at radius 2 is 2.24 bits per heavy atom. The second-order valence-corrected chi connectivity index (χ2v) is 6.19. The number of hydrogen-bond donors (Lipinski definition) is 1. The third-order valence-electron chi connectivity index (χ3n) is 3.55. The molecule has 1 aliphatic rings. The zero-order valence-electron chi connectivity index (χ0n) is 12.0. The van der Waals surface area contributed by atoms with Crippen LogP contribution in [0.5, 0.6) is 0 Å². The molecule has 1 N–H and O–H groups in total. The maximum absolute atomic E-state index is 11.9. The number of carbonyl (C=O) groups is 1. The van der Waals surface area contributed by atoms with E-state index in [9.17, 15) is 4.79 Å². The average molecular weight is 302 g/mol. The molecule has 0 saturated heterocycles. The molecule has 21 heavy (non-hydrogen) atoms. The van der Waals surface area contributed by atoms with Crippen LogP contribution in [0.2, 0.25) is 0 Å². The van der Waals surface area contributed by atoms with Gasteiger partial charge in [-0.15, -0.1) is 10.2 Å². The van der Waals surface area contributed by atoms with E-state index in [1.54, 1.807) is 6.33 Å². The topological polar surface area (TPSA) is 59.8 Å². The van der Waals surface area contributed by atoms with Crippen LogP contribution in [0, 0.1) is 6.92 Å². The van der Waals surface area contributed by atoms with Crippen LogP contribution in [0.1, 0.15) is 30.0 Å². The van der Waals surface area contributed by atoms with Crippen molar-refractivity contribution in [2.24, 2.45) is 0 Å². The lowest BCUT2D eigenvalue weighted by Crippen LogP contribution is -2.25. The largest absolute Gasteiger partial charge is 0.351 e. The van der Waals surface area contributed by atoms with E-state index in [2.05, 4.69) is 20.1 Å². The lowest BCUT2D eigenvalue weighted by Gasteiger charge is -2.08. The Kier molecular flexibility index (Phi) is 4.24. The number of rotatable bonds is 6. The van der Waals surface area contributed by atoms with E-state index in [4.69, 9.17) is 0 Å². The summed E-state index contributed by atoms with van der Waals surface area (Å²) in [7, 11) is 0. The molecule has 3 rings (SSSR count). The quantitative estimate of drug-likeness (QED) is 0.832. The van der Waals surface area contributed by atoms with E-state index in [1.165, 1.54) is 30.2 Å². The summed E-state index contributed by atoms with van der Waals surface area (Å²) in [5.41, 5.74) is 2.34. The van der Waals surface area contributed by atoms with E-state index < -0.39 is 0 Å². The van der Waals surface area contributed by atoms with Crippen LogP contribution in [-0.4, -0.2) is 26.4 Å². The fourth-order valence-corrected chi connectivity index (χ4v) is 2.93. The minimum Gasteiger partial charge on any atom is -0.351 e. The normalized spacial score (nSPS) is 14.1. The number of nitrogens with zero attached hydrogens (tertiary/aromatic N) is 3. The van der Waals surface area contributed by atoms with Crippen LogP contribution in [0.15, 0.2) is 35.7 Å². The fraction of sp³-hybridized carbons (Fsp3) is 0.400. The van der Waals surface area contributed by atoms with Gasteiger partial charge in [0.2, 0.25) is 5.91 Å². The Labute approximate surface area is 128 Å². The van der Waals surface area contributed by atoms with Gasteiger partial charge in [-0.25, -0.2) is 0 Å². The van der Waals surface area contributed by atoms with Crippen molar-refractivity contribution in [2.45, 2.75) is 37.5 Å². The highest BCUT2D eigenvalue weighted by molar-refractivity contribution is 7.99. The first-order valence-electron chi connectivity index (χ1n) is 7.07. The number of hydrogen-bond acceptors (Lipinski definition) is 4. The Morgan fingerprint density at radius 3 is 3.00 bits per heavy atom. The number of nitrogens with one attached hydrogen (secondary N) is 1. The molecule has 0 aliphatic heterocycles. The molecular weight excluding hydrogens is 284 g/mol. The van der Waals surface area contributed by atoms with E-state index >= 15 is 0 Å². The zero-order valence-corrected chi connectivity index (χ0v) is 12.8. The van der Waals surface area contributed by atoms with E-state index in [0.29, 0.717) is 18.3 Å². The molecule has 1 aromatic heterocycles. The number of amides is 1. The van der Waals surface area contributed by atoms with E-state index in [1.807, 2.05) is 31.2 Å². The summed E-state index contributed by atoms with van der Waals surface area (Å²) in [6.45, 7) is 2.62. The average Bonchev–Trinajstić information content (AvgIpc) is 3.23. The van der Waals surface area contributed by atoms with Crippen LogP contribution >= 0.6 is 11.8 Å². The summed E-state index contributed by atoms with van der Waals surface area (Å²) in [5, 5.41) is 11.8. The van der Waals surface area contributed by atoms with Gasteiger partial charge in [0.25, 0.3) is 0 Å². The Morgan fingerprint density at radius 1 is 1.43 bits per heavy atom. The molecule has 0 unspecified atom stereocenters. The van der Waals surface area contributed by atoms with Crippen LogP contribution in [0.3, 0.4) is 0 Å². The summed E-state index contributed by atoms with van der Waals surface area (Å²) in [4.78, 5) is 11.9. The molecule has 0 atom stereocenters. The first kappa shape index (κ1) is 14.1. The molecule has 6 heteroatoms. The van der Waals surface area contributed by atoms with Crippen LogP contribution in [-0.2, 0) is 11.3 Å². The maximum atomic E-state index is 11.9. The fourth-order valence-electron chi connectivity index (χ4n) is 2.12. The van der Waals surface area contributed by atoms with Crippen molar-refractivity contribution < 1.29 is 4.79 Å². The standard InChI is InChI=1S/C15H18N4OS/c1-11-4-2-3-5-12(11)8-16-14(20)9-21-15-18-17-10-19(15)13-6-7-13/h2-5,10,13H,6-9H2,1H3,(H,16,20). The smallest absolute Gasteiger partial charge is 0.230 e. The zero-order chi connectivity index (χ0) is 14.7. The SMILES string of the molecule is Cc1ccccc1CNC(=O)CSc1nncn1C1CC1. The highest BCUT2D eigenvalue weighted by Crippen LogP contribution is 2.37. The highest BCUT2D eigenvalue weighted by Gasteiger charge is 2.26. The van der Waals surface area contributed by atoms with E-state index in [-0.39, 0.29) is 5.91 Å². The molecule has 110 valence electrons. The molecule has 0 spiro atoms. The number of carbonyl (C=O) groups excluding carboxylic acids is 1. The van der Waals surface area contributed by atoms with Crippen molar-refractivity contribution in [2.75, 3.05) is 5.75 Å². The Balaban J connectivity index is 1.48. The Bertz CT molecular complexity index is 636. The van der Waals surface area contributed by atoms with Crippen LogP contribution < -0.4 is 5.32 Å². The van der Waals surface area contributed by atoms with E-state index in [0.717, 1.165) is 10.7 Å². The predicted molar refractivity (Wildman–Crippen MR) is 82.0 cm³/mol. The van der Waals surface area contributed by atoms with Crippen molar-refractivity contribution in [3.8, 4) is 0 Å². The molecule has 0 radical (unpaired) electrons. The molecule has 1 saturated carbocycles. The molecule has 2 aromatic rings. The van der Waals surface area contributed by atoms with Gasteiger partial charge in [-0.2, -0.15) is 0 Å². The van der Waals surface area contributed by atoms with Crippen molar-refractivity contribution in [3.05, 3.63) is 41.7 Å². The van der Waals surface area contributed by atoms with Crippen molar-refractivity contribution in [1.82, 2.24) is 20.1 Å². The monoisotopic (exact) mass is 302 g/mol. The predicted octanol–water partition coefficient (Wildman–Crippen LogP) is 2.33. The number of thioether (sulfide) groups is 1. The van der Waals surface area contributed by atoms with Gasteiger partial charge in [0.1, 0.15) is 6.33 Å².